The lowest BCUT2D eigenvalue weighted by Crippen LogP contribution is -2.22. The molecule has 0 fully saturated rings. The summed E-state index contributed by atoms with van der Waals surface area (Å²) in [6.45, 7) is 0.724. The monoisotopic (exact) mass is 378 g/mol. The van der Waals surface area contributed by atoms with Gasteiger partial charge in [0.1, 0.15) is 5.75 Å². The first-order valence-corrected chi connectivity index (χ1v) is 10.0. The molecule has 5 rings (SSSR count). The Morgan fingerprint density at radius 3 is 2.70 bits per heavy atom. The van der Waals surface area contributed by atoms with E-state index in [0.717, 1.165) is 41.4 Å². The van der Waals surface area contributed by atoms with Crippen LogP contribution >= 0.6 is 11.6 Å². The fourth-order valence-electron chi connectivity index (χ4n) is 4.56. The Morgan fingerprint density at radius 1 is 1.07 bits per heavy atom. The third-order valence-corrected chi connectivity index (χ3v) is 6.27. The van der Waals surface area contributed by atoms with E-state index in [0.29, 0.717) is 0 Å². The molecule has 1 unspecified atom stereocenters. The molecule has 2 aromatic carbocycles. The van der Waals surface area contributed by atoms with Gasteiger partial charge < -0.3 is 14.6 Å². The second kappa shape index (κ2) is 6.74. The van der Waals surface area contributed by atoms with Crippen molar-refractivity contribution in [2.24, 2.45) is 0 Å². The van der Waals surface area contributed by atoms with E-state index < -0.39 is 0 Å². The zero-order valence-corrected chi connectivity index (χ0v) is 16.2. The standard InChI is InChI=1S/C23H23ClN2O/c1-27-22-13-16-7-3-2-6-15(16)12-17(22)23-21-10-5-11-26(21)20-9-4-8-19(24)18(20)14-25-23/h4-5,8-13,23,25H,2-3,6-7,14H2,1H3. The number of hydrogen-bond donors (Lipinski definition) is 1. The molecule has 0 saturated heterocycles. The molecule has 2 aliphatic rings. The van der Waals surface area contributed by atoms with Gasteiger partial charge in [-0.05, 0) is 73.2 Å². The lowest BCUT2D eigenvalue weighted by Gasteiger charge is -2.24. The third kappa shape index (κ3) is 2.77. The maximum absolute atomic E-state index is 6.52. The molecule has 1 atom stereocenters. The van der Waals surface area contributed by atoms with Gasteiger partial charge in [0, 0.05) is 34.6 Å². The van der Waals surface area contributed by atoms with E-state index in [-0.39, 0.29) is 6.04 Å². The number of rotatable bonds is 2. The second-order valence-electron chi connectivity index (χ2n) is 7.42. The van der Waals surface area contributed by atoms with Gasteiger partial charge in [-0.1, -0.05) is 17.7 Å². The summed E-state index contributed by atoms with van der Waals surface area (Å²) in [5.41, 5.74) is 7.62. The van der Waals surface area contributed by atoms with Crippen LogP contribution in [0.5, 0.6) is 5.75 Å². The van der Waals surface area contributed by atoms with E-state index in [2.05, 4.69) is 46.4 Å². The predicted molar refractivity (Wildman–Crippen MR) is 109 cm³/mol. The third-order valence-electron chi connectivity index (χ3n) is 5.92. The van der Waals surface area contributed by atoms with E-state index in [1.54, 1.807) is 7.11 Å². The number of halogens is 1. The van der Waals surface area contributed by atoms with Crippen LogP contribution in [0.4, 0.5) is 0 Å². The van der Waals surface area contributed by atoms with Crippen molar-refractivity contribution in [3.05, 3.63) is 81.6 Å². The Morgan fingerprint density at radius 2 is 1.89 bits per heavy atom. The number of ether oxygens (including phenoxy) is 1. The van der Waals surface area contributed by atoms with Crippen molar-refractivity contribution in [2.75, 3.05) is 7.11 Å². The van der Waals surface area contributed by atoms with E-state index in [4.69, 9.17) is 16.3 Å². The summed E-state index contributed by atoms with van der Waals surface area (Å²) >= 11 is 6.52. The van der Waals surface area contributed by atoms with Gasteiger partial charge in [-0.15, -0.1) is 0 Å². The first kappa shape index (κ1) is 16.9. The van der Waals surface area contributed by atoms with Crippen molar-refractivity contribution < 1.29 is 4.74 Å². The van der Waals surface area contributed by atoms with Crippen LogP contribution in [-0.2, 0) is 19.4 Å². The molecular weight excluding hydrogens is 356 g/mol. The Balaban J connectivity index is 1.67. The van der Waals surface area contributed by atoms with Crippen LogP contribution < -0.4 is 10.1 Å². The van der Waals surface area contributed by atoms with Crippen LogP contribution in [-0.4, -0.2) is 11.7 Å². The van der Waals surface area contributed by atoms with Gasteiger partial charge in [0.25, 0.3) is 0 Å². The topological polar surface area (TPSA) is 26.2 Å². The Bertz CT molecular complexity index is 1010. The summed E-state index contributed by atoms with van der Waals surface area (Å²) in [5.74, 6) is 0.970. The molecule has 27 heavy (non-hydrogen) atoms. The highest BCUT2D eigenvalue weighted by Crippen LogP contribution is 2.38. The highest BCUT2D eigenvalue weighted by atomic mass is 35.5. The second-order valence-corrected chi connectivity index (χ2v) is 7.83. The number of fused-ring (bicyclic) bond motifs is 4. The van der Waals surface area contributed by atoms with Crippen LogP contribution in [0, 0.1) is 0 Å². The lowest BCUT2D eigenvalue weighted by molar-refractivity contribution is 0.402. The van der Waals surface area contributed by atoms with Gasteiger partial charge >= 0.3 is 0 Å². The van der Waals surface area contributed by atoms with Gasteiger partial charge in [-0.25, -0.2) is 0 Å². The zero-order chi connectivity index (χ0) is 18.4. The fourth-order valence-corrected chi connectivity index (χ4v) is 4.80. The molecule has 0 amide bonds. The van der Waals surface area contributed by atoms with Crippen LogP contribution in [0.25, 0.3) is 5.69 Å². The number of methoxy groups -OCH3 is 1. The number of aryl methyl sites for hydroxylation is 2. The number of aromatic nitrogens is 1. The summed E-state index contributed by atoms with van der Waals surface area (Å²) in [6.07, 6.45) is 6.98. The fraction of sp³-hybridized carbons (Fsp3) is 0.304. The maximum Gasteiger partial charge on any atom is 0.124 e. The normalized spacial score (nSPS) is 18.2. The quantitative estimate of drug-likeness (QED) is 0.662. The summed E-state index contributed by atoms with van der Waals surface area (Å²) in [7, 11) is 1.77. The first-order chi connectivity index (χ1) is 13.3. The number of nitrogens with zero attached hydrogens (tertiary/aromatic N) is 1. The largest absolute Gasteiger partial charge is 0.496 e. The first-order valence-electron chi connectivity index (χ1n) is 9.64. The van der Waals surface area contributed by atoms with Crippen LogP contribution in [0.1, 0.15) is 46.8 Å². The molecule has 4 heteroatoms. The summed E-state index contributed by atoms with van der Waals surface area (Å²) in [4.78, 5) is 0. The van der Waals surface area contributed by atoms with Crippen molar-refractivity contribution >= 4 is 11.6 Å². The summed E-state index contributed by atoms with van der Waals surface area (Å²) in [5, 5.41) is 4.54. The summed E-state index contributed by atoms with van der Waals surface area (Å²) in [6, 6.07) is 15.1. The molecule has 0 spiro atoms. The molecule has 138 valence electrons. The molecular formula is C23H23ClN2O. The van der Waals surface area contributed by atoms with Crippen molar-refractivity contribution in [3.8, 4) is 11.4 Å². The average Bonchev–Trinajstić information content (AvgIpc) is 3.12. The minimum atomic E-state index is 0.0608. The van der Waals surface area contributed by atoms with Gasteiger partial charge in [-0.3, -0.25) is 0 Å². The van der Waals surface area contributed by atoms with E-state index in [1.807, 2.05) is 12.1 Å². The molecule has 2 heterocycles. The molecule has 0 bridgehead atoms. The van der Waals surface area contributed by atoms with E-state index >= 15 is 0 Å². The molecule has 0 saturated carbocycles. The highest BCUT2D eigenvalue weighted by Gasteiger charge is 2.27. The molecule has 1 aliphatic carbocycles. The maximum atomic E-state index is 6.52. The minimum absolute atomic E-state index is 0.0608. The SMILES string of the molecule is COc1cc2c(cc1C1NCc3c(Cl)cccc3-n3cccc31)CCCC2. The van der Waals surface area contributed by atoms with Gasteiger partial charge in [0.15, 0.2) is 0 Å². The van der Waals surface area contributed by atoms with E-state index in [9.17, 15) is 0 Å². The van der Waals surface area contributed by atoms with E-state index in [1.165, 1.54) is 35.2 Å². The van der Waals surface area contributed by atoms with Crippen LogP contribution in [0.2, 0.25) is 5.02 Å². The van der Waals surface area contributed by atoms with Crippen molar-refractivity contribution in [1.29, 1.82) is 0 Å². The Hall–Kier alpha value is -2.23. The highest BCUT2D eigenvalue weighted by molar-refractivity contribution is 6.31. The van der Waals surface area contributed by atoms with Crippen molar-refractivity contribution in [3.63, 3.8) is 0 Å². The molecule has 1 N–H and O–H groups in total. The summed E-state index contributed by atoms with van der Waals surface area (Å²) < 4.78 is 8.08. The number of hydrogen-bond acceptors (Lipinski definition) is 2. The van der Waals surface area contributed by atoms with Crippen LogP contribution in [0.3, 0.4) is 0 Å². The predicted octanol–water partition coefficient (Wildman–Crippen LogP) is 5.21. The zero-order valence-electron chi connectivity index (χ0n) is 15.5. The average molecular weight is 379 g/mol. The van der Waals surface area contributed by atoms with Crippen LogP contribution in [0.15, 0.2) is 48.7 Å². The Kier molecular flexibility index (Phi) is 4.22. The molecule has 1 aliphatic heterocycles. The number of nitrogens with one attached hydrogen (secondary N) is 1. The van der Waals surface area contributed by atoms with Crippen molar-refractivity contribution in [1.82, 2.24) is 9.88 Å². The molecule has 3 aromatic rings. The van der Waals surface area contributed by atoms with Crippen molar-refractivity contribution in [2.45, 2.75) is 38.3 Å². The molecule has 3 nitrogen and oxygen atoms in total. The Labute approximate surface area is 164 Å². The molecule has 0 radical (unpaired) electrons. The van der Waals surface area contributed by atoms with Gasteiger partial charge in [-0.2, -0.15) is 0 Å². The molecule has 1 aromatic heterocycles. The van der Waals surface area contributed by atoms with Gasteiger partial charge in [0.05, 0.1) is 18.8 Å². The minimum Gasteiger partial charge on any atom is -0.496 e. The smallest absolute Gasteiger partial charge is 0.124 e. The number of benzene rings is 2. The lowest BCUT2D eigenvalue weighted by atomic mass is 9.88. The van der Waals surface area contributed by atoms with Gasteiger partial charge in [0.2, 0.25) is 0 Å².